The van der Waals surface area contributed by atoms with Crippen LogP contribution in [0.1, 0.15) is 35.3 Å². The van der Waals surface area contributed by atoms with E-state index in [1.165, 1.54) is 0 Å². The lowest BCUT2D eigenvalue weighted by molar-refractivity contribution is 0.0305. The Labute approximate surface area is 185 Å². The zero-order chi connectivity index (χ0) is 20.8. The molecule has 0 spiro atoms. The molecule has 1 aliphatic heterocycles. The van der Waals surface area contributed by atoms with Crippen LogP contribution in [0.5, 0.6) is 11.5 Å². The van der Waals surface area contributed by atoms with Gasteiger partial charge in [-0.15, -0.1) is 0 Å². The van der Waals surface area contributed by atoms with E-state index in [1.54, 1.807) is 23.1 Å². The van der Waals surface area contributed by atoms with E-state index in [9.17, 15) is 4.79 Å². The van der Waals surface area contributed by atoms with Crippen molar-refractivity contribution in [2.45, 2.75) is 38.0 Å². The average molecular weight is 490 g/mol. The highest BCUT2D eigenvalue weighted by molar-refractivity contribution is 9.10. The van der Waals surface area contributed by atoms with E-state index < -0.39 is 5.97 Å². The fourth-order valence-electron chi connectivity index (χ4n) is 4.03. The number of halogens is 1. The van der Waals surface area contributed by atoms with Crippen LogP contribution in [-0.4, -0.2) is 35.0 Å². The van der Waals surface area contributed by atoms with E-state index in [4.69, 9.17) is 19.9 Å². The van der Waals surface area contributed by atoms with Crippen molar-refractivity contribution in [1.29, 1.82) is 0 Å². The van der Waals surface area contributed by atoms with Crippen molar-refractivity contribution < 1.29 is 19.0 Å². The molecule has 0 amide bonds. The summed E-state index contributed by atoms with van der Waals surface area (Å²) >= 11 is 5.12. The lowest BCUT2D eigenvalue weighted by atomic mass is 10.0. The number of rotatable bonds is 4. The molecule has 30 heavy (non-hydrogen) atoms. The van der Waals surface area contributed by atoms with Crippen molar-refractivity contribution in [3.05, 3.63) is 44.7 Å². The van der Waals surface area contributed by atoms with Gasteiger partial charge in [0.25, 0.3) is 0 Å². The van der Waals surface area contributed by atoms with Crippen molar-refractivity contribution in [3.63, 3.8) is 0 Å². The van der Waals surface area contributed by atoms with E-state index in [0.717, 1.165) is 39.8 Å². The predicted octanol–water partition coefficient (Wildman–Crippen LogP) is 4.30. The number of methoxy groups -OCH3 is 1. The van der Waals surface area contributed by atoms with Gasteiger partial charge in [-0.2, -0.15) is 16.4 Å². The SMILES string of the molecule is COc1cc2c(cc1Br)-c1c(c(C(=O)O[C@H]3CC[C@H](N)C3)nn1-c1ccsc1)CO2. The normalized spacial score (nSPS) is 19.7. The first-order valence-electron chi connectivity index (χ1n) is 9.67. The minimum Gasteiger partial charge on any atom is -0.495 e. The Hall–Kier alpha value is -2.36. The second-order valence-corrected chi connectivity index (χ2v) is 9.08. The van der Waals surface area contributed by atoms with Gasteiger partial charge in [0.2, 0.25) is 0 Å². The number of fused-ring (bicyclic) bond motifs is 3. The van der Waals surface area contributed by atoms with Gasteiger partial charge in [0.1, 0.15) is 24.2 Å². The van der Waals surface area contributed by atoms with Gasteiger partial charge in [-0.1, -0.05) is 0 Å². The number of nitrogens with zero attached hydrogens (tertiary/aromatic N) is 2. The third kappa shape index (κ3) is 3.30. The fraction of sp³-hybridized carbons (Fsp3) is 0.333. The number of aromatic nitrogens is 2. The fourth-order valence-corrected chi connectivity index (χ4v) is 5.15. The lowest BCUT2D eigenvalue weighted by Gasteiger charge is -2.21. The minimum absolute atomic E-state index is 0.0858. The summed E-state index contributed by atoms with van der Waals surface area (Å²) in [6.07, 6.45) is 2.17. The summed E-state index contributed by atoms with van der Waals surface area (Å²) in [7, 11) is 1.61. The third-order valence-corrected chi connectivity index (χ3v) is 6.80. The van der Waals surface area contributed by atoms with Crippen LogP contribution >= 0.6 is 27.3 Å². The Morgan fingerprint density at radius 2 is 2.27 bits per heavy atom. The number of hydrogen-bond acceptors (Lipinski definition) is 7. The van der Waals surface area contributed by atoms with Gasteiger partial charge in [0, 0.05) is 23.1 Å². The van der Waals surface area contributed by atoms with Gasteiger partial charge in [0.05, 0.1) is 28.5 Å². The maximum atomic E-state index is 13.0. The Kier molecular flexibility index (Phi) is 5.04. The molecule has 5 rings (SSSR count). The molecule has 0 bridgehead atoms. The predicted molar refractivity (Wildman–Crippen MR) is 116 cm³/mol. The van der Waals surface area contributed by atoms with E-state index in [1.807, 2.05) is 29.0 Å². The molecule has 2 aromatic heterocycles. The van der Waals surface area contributed by atoms with E-state index in [-0.39, 0.29) is 24.4 Å². The average Bonchev–Trinajstić information content (AvgIpc) is 3.46. The van der Waals surface area contributed by atoms with Crippen LogP contribution in [0, 0.1) is 0 Å². The van der Waals surface area contributed by atoms with Crippen LogP contribution < -0.4 is 15.2 Å². The van der Waals surface area contributed by atoms with Crippen LogP contribution in [0.4, 0.5) is 0 Å². The van der Waals surface area contributed by atoms with E-state index in [2.05, 4.69) is 21.0 Å². The van der Waals surface area contributed by atoms with Crippen molar-refractivity contribution in [1.82, 2.24) is 9.78 Å². The molecule has 1 saturated carbocycles. The zero-order valence-electron chi connectivity index (χ0n) is 16.3. The second-order valence-electron chi connectivity index (χ2n) is 7.44. The van der Waals surface area contributed by atoms with Crippen molar-refractivity contribution in [3.8, 4) is 28.4 Å². The number of nitrogens with two attached hydrogens (primary N) is 1. The van der Waals surface area contributed by atoms with Crippen LogP contribution in [0.3, 0.4) is 0 Å². The number of thiophene rings is 1. The highest BCUT2D eigenvalue weighted by Crippen LogP contribution is 2.45. The number of benzene rings is 1. The number of carbonyl (C=O) groups excluding carboxylic acids is 1. The van der Waals surface area contributed by atoms with Crippen molar-refractivity contribution in [2.75, 3.05) is 7.11 Å². The molecule has 0 unspecified atom stereocenters. The Bertz CT molecular complexity index is 1110. The van der Waals surface area contributed by atoms with Crippen LogP contribution in [0.2, 0.25) is 0 Å². The first-order valence-corrected chi connectivity index (χ1v) is 11.4. The van der Waals surface area contributed by atoms with E-state index >= 15 is 0 Å². The summed E-state index contributed by atoms with van der Waals surface area (Å²) in [6.45, 7) is 0.228. The monoisotopic (exact) mass is 489 g/mol. The highest BCUT2D eigenvalue weighted by atomic mass is 79.9. The molecule has 1 aromatic carbocycles. The Morgan fingerprint density at radius 3 is 2.97 bits per heavy atom. The second kappa shape index (κ2) is 7.72. The van der Waals surface area contributed by atoms with Crippen LogP contribution in [-0.2, 0) is 11.3 Å². The van der Waals surface area contributed by atoms with Gasteiger partial charge < -0.3 is 19.9 Å². The Balaban J connectivity index is 1.61. The first kappa shape index (κ1) is 19.6. The molecule has 3 aromatic rings. The van der Waals surface area contributed by atoms with Gasteiger partial charge in [-0.05, 0) is 52.7 Å². The van der Waals surface area contributed by atoms with Gasteiger partial charge in [0.15, 0.2) is 5.69 Å². The number of carbonyl (C=O) groups is 1. The van der Waals surface area contributed by atoms with Gasteiger partial charge in [-0.25, -0.2) is 9.48 Å². The molecule has 2 N–H and O–H groups in total. The summed E-state index contributed by atoms with van der Waals surface area (Å²) in [5, 5.41) is 8.63. The molecule has 156 valence electrons. The molecule has 0 radical (unpaired) electrons. The zero-order valence-corrected chi connectivity index (χ0v) is 18.7. The third-order valence-electron chi connectivity index (χ3n) is 5.51. The molecule has 9 heteroatoms. The summed E-state index contributed by atoms with van der Waals surface area (Å²) < 4.78 is 19.7. The molecule has 3 heterocycles. The molecular weight excluding hydrogens is 470 g/mol. The maximum absolute atomic E-state index is 13.0. The number of ether oxygens (including phenoxy) is 3. The highest BCUT2D eigenvalue weighted by Gasteiger charge is 2.33. The van der Waals surface area contributed by atoms with Crippen molar-refractivity contribution >= 4 is 33.2 Å². The molecule has 2 aliphatic rings. The number of hydrogen-bond donors (Lipinski definition) is 1. The molecule has 0 saturated heterocycles. The number of esters is 1. The smallest absolute Gasteiger partial charge is 0.359 e. The maximum Gasteiger partial charge on any atom is 0.359 e. The summed E-state index contributed by atoms with van der Waals surface area (Å²) in [5.41, 5.74) is 9.52. The topological polar surface area (TPSA) is 88.6 Å². The van der Waals surface area contributed by atoms with Gasteiger partial charge in [-0.3, -0.25) is 0 Å². The van der Waals surface area contributed by atoms with Crippen LogP contribution in [0.25, 0.3) is 16.9 Å². The van der Waals surface area contributed by atoms with Gasteiger partial charge >= 0.3 is 5.97 Å². The first-order chi connectivity index (χ1) is 14.5. The standard InChI is InChI=1S/C21H20BrN3O4S/c1-27-18-8-17-14(7-16(18)22)20-15(9-28-17)19(24-25(20)12-4-5-30-10-12)21(26)29-13-3-2-11(23)6-13/h4-5,7-8,10-11,13H,2-3,6,9,23H2,1H3/t11-,13-/m0/s1. The molecule has 2 atom stereocenters. The summed E-state index contributed by atoms with van der Waals surface area (Å²) in [5.74, 6) is 0.926. The quantitative estimate of drug-likeness (QED) is 0.549. The largest absolute Gasteiger partial charge is 0.495 e. The van der Waals surface area contributed by atoms with Crippen LogP contribution in [0.15, 0.2) is 33.4 Å². The van der Waals surface area contributed by atoms with Crippen molar-refractivity contribution in [2.24, 2.45) is 5.73 Å². The summed E-state index contributed by atoms with van der Waals surface area (Å²) in [6, 6.07) is 5.83. The molecule has 1 aliphatic carbocycles. The molecule has 1 fully saturated rings. The minimum atomic E-state index is -0.432. The Morgan fingerprint density at radius 1 is 1.40 bits per heavy atom. The molecule has 7 nitrogen and oxygen atoms in total. The molecular formula is C21H20BrN3O4S. The lowest BCUT2D eigenvalue weighted by Crippen LogP contribution is -2.21. The summed E-state index contributed by atoms with van der Waals surface area (Å²) in [4.78, 5) is 13.0. The van der Waals surface area contributed by atoms with E-state index in [0.29, 0.717) is 17.9 Å².